The smallest absolute Gasteiger partial charge is 0.252 e. The lowest BCUT2D eigenvalue weighted by atomic mass is 10.1. The summed E-state index contributed by atoms with van der Waals surface area (Å²) in [7, 11) is -8.25. The van der Waals surface area contributed by atoms with Crippen LogP contribution in [0.4, 0.5) is 10.1 Å². The van der Waals surface area contributed by atoms with Crippen molar-refractivity contribution in [2.24, 2.45) is 5.14 Å². The standard InChI is InChI=1S/C24H21ClFN3O6S2/c25-17-3-7-19(8-4-17)29-23(30)15-22(24(29)31)28(37(34,35)21-11-5-18(26)6-12-21)14-13-16-1-9-20(10-2-16)36(27,32)33/h1-12,22H,13-15H2,(H2,27,32,33). The van der Waals surface area contributed by atoms with Crippen LogP contribution in [0.1, 0.15) is 12.0 Å². The van der Waals surface area contributed by atoms with E-state index in [2.05, 4.69) is 0 Å². The third-order valence-corrected chi connectivity index (χ3v) is 8.95. The predicted octanol–water partition coefficient (Wildman–Crippen LogP) is 2.69. The molecule has 37 heavy (non-hydrogen) atoms. The van der Waals surface area contributed by atoms with Gasteiger partial charge in [-0.1, -0.05) is 23.7 Å². The molecule has 1 unspecified atom stereocenters. The second-order valence-electron chi connectivity index (χ2n) is 8.27. The number of primary sulfonamides is 1. The number of amides is 2. The summed E-state index contributed by atoms with van der Waals surface area (Å²) < 4.78 is 64.6. The molecule has 9 nitrogen and oxygen atoms in total. The zero-order valence-electron chi connectivity index (χ0n) is 19.1. The van der Waals surface area contributed by atoms with Crippen molar-refractivity contribution in [3.05, 3.63) is 89.2 Å². The van der Waals surface area contributed by atoms with E-state index < -0.39 is 50.1 Å². The highest BCUT2D eigenvalue weighted by atomic mass is 35.5. The van der Waals surface area contributed by atoms with Crippen LogP contribution in [0.15, 0.2) is 82.6 Å². The van der Waals surface area contributed by atoms with Crippen LogP contribution in [0.5, 0.6) is 0 Å². The zero-order chi connectivity index (χ0) is 27.0. The lowest BCUT2D eigenvalue weighted by molar-refractivity contribution is -0.122. The van der Waals surface area contributed by atoms with E-state index in [0.29, 0.717) is 10.6 Å². The average Bonchev–Trinajstić information content (AvgIpc) is 3.13. The van der Waals surface area contributed by atoms with Crippen LogP contribution in [0.2, 0.25) is 5.02 Å². The molecule has 1 fully saturated rings. The maximum atomic E-state index is 13.6. The molecule has 2 amide bonds. The summed E-state index contributed by atoms with van der Waals surface area (Å²) in [5.74, 6) is -1.96. The number of carbonyl (C=O) groups excluding carboxylic acids is 2. The Hall–Kier alpha value is -3.16. The molecule has 1 aliphatic heterocycles. The van der Waals surface area contributed by atoms with Gasteiger partial charge in [0.15, 0.2) is 0 Å². The predicted molar refractivity (Wildman–Crippen MR) is 134 cm³/mol. The number of halogens is 2. The van der Waals surface area contributed by atoms with Gasteiger partial charge in [0.05, 0.1) is 21.9 Å². The van der Waals surface area contributed by atoms with Gasteiger partial charge >= 0.3 is 0 Å². The Morgan fingerprint density at radius 2 is 1.46 bits per heavy atom. The summed E-state index contributed by atoms with van der Waals surface area (Å²) in [4.78, 5) is 26.8. The number of imide groups is 1. The van der Waals surface area contributed by atoms with E-state index in [4.69, 9.17) is 16.7 Å². The summed E-state index contributed by atoms with van der Waals surface area (Å²) in [5, 5.41) is 5.51. The molecule has 1 heterocycles. The Kier molecular flexibility index (Phi) is 7.49. The highest BCUT2D eigenvalue weighted by molar-refractivity contribution is 7.89. The molecule has 0 saturated carbocycles. The minimum atomic E-state index is -4.34. The molecule has 0 aromatic heterocycles. The largest absolute Gasteiger partial charge is 0.274 e. The van der Waals surface area contributed by atoms with Crippen LogP contribution in [-0.4, -0.2) is 45.5 Å². The van der Waals surface area contributed by atoms with Crippen molar-refractivity contribution in [2.75, 3.05) is 11.4 Å². The van der Waals surface area contributed by atoms with Gasteiger partial charge in [-0.05, 0) is 72.6 Å². The monoisotopic (exact) mass is 565 g/mol. The van der Waals surface area contributed by atoms with E-state index in [0.717, 1.165) is 33.5 Å². The number of hydrogen-bond acceptors (Lipinski definition) is 6. The first-order chi connectivity index (χ1) is 17.4. The van der Waals surface area contributed by atoms with Crippen LogP contribution in [-0.2, 0) is 36.1 Å². The molecule has 0 bridgehead atoms. The van der Waals surface area contributed by atoms with Gasteiger partial charge in [-0.15, -0.1) is 0 Å². The van der Waals surface area contributed by atoms with Gasteiger partial charge in [0.25, 0.3) is 5.91 Å². The van der Waals surface area contributed by atoms with Crippen molar-refractivity contribution < 1.29 is 30.8 Å². The fraction of sp³-hybridized carbons (Fsp3) is 0.167. The van der Waals surface area contributed by atoms with Gasteiger partial charge in [0.1, 0.15) is 11.9 Å². The Morgan fingerprint density at radius 1 is 0.892 bits per heavy atom. The van der Waals surface area contributed by atoms with Gasteiger partial charge in [-0.2, -0.15) is 4.31 Å². The highest BCUT2D eigenvalue weighted by Gasteiger charge is 2.46. The molecule has 1 atom stereocenters. The molecule has 0 radical (unpaired) electrons. The van der Waals surface area contributed by atoms with Crippen LogP contribution < -0.4 is 10.0 Å². The Morgan fingerprint density at radius 3 is 2.03 bits per heavy atom. The summed E-state index contributed by atoms with van der Waals surface area (Å²) in [6, 6.07) is 14.3. The third-order valence-electron chi connectivity index (χ3n) is 5.85. The summed E-state index contributed by atoms with van der Waals surface area (Å²) in [6.07, 6.45) is -0.309. The number of nitrogens with two attached hydrogens (primary N) is 1. The van der Waals surface area contributed by atoms with Gasteiger partial charge in [-0.25, -0.2) is 31.3 Å². The maximum Gasteiger partial charge on any atom is 0.252 e. The molecule has 1 aliphatic rings. The summed E-state index contributed by atoms with van der Waals surface area (Å²) in [5.41, 5.74) is 0.817. The second kappa shape index (κ2) is 10.3. The summed E-state index contributed by atoms with van der Waals surface area (Å²) >= 11 is 5.90. The van der Waals surface area contributed by atoms with Crippen molar-refractivity contribution >= 4 is 49.1 Å². The van der Waals surface area contributed by atoms with E-state index >= 15 is 0 Å². The zero-order valence-corrected chi connectivity index (χ0v) is 21.5. The van der Waals surface area contributed by atoms with Crippen molar-refractivity contribution in [3.63, 3.8) is 0 Å². The SMILES string of the molecule is NS(=O)(=O)c1ccc(CCN(C2CC(=O)N(c3ccc(Cl)cc3)C2=O)S(=O)(=O)c2ccc(F)cc2)cc1. The quantitative estimate of drug-likeness (QED) is 0.417. The number of anilines is 1. The molecular weight excluding hydrogens is 545 g/mol. The fourth-order valence-electron chi connectivity index (χ4n) is 3.97. The van der Waals surface area contributed by atoms with Crippen LogP contribution in [0.25, 0.3) is 0 Å². The first kappa shape index (κ1) is 26.9. The Bertz CT molecular complexity index is 1550. The fourth-order valence-corrected chi connectivity index (χ4v) is 6.20. The lowest BCUT2D eigenvalue weighted by Gasteiger charge is -2.27. The number of nitrogens with zero attached hydrogens (tertiary/aromatic N) is 2. The molecule has 1 saturated heterocycles. The molecule has 0 aliphatic carbocycles. The minimum absolute atomic E-state index is 0.0875. The van der Waals surface area contributed by atoms with Gasteiger partial charge in [-0.3, -0.25) is 9.59 Å². The Balaban J connectivity index is 1.67. The first-order valence-corrected chi connectivity index (χ1v) is 14.3. The second-order valence-corrected chi connectivity index (χ2v) is 12.2. The van der Waals surface area contributed by atoms with Crippen LogP contribution >= 0.6 is 11.6 Å². The lowest BCUT2D eigenvalue weighted by Crippen LogP contribution is -2.46. The van der Waals surface area contributed by atoms with E-state index in [1.165, 1.54) is 48.5 Å². The first-order valence-electron chi connectivity index (χ1n) is 10.9. The number of rotatable bonds is 8. The van der Waals surface area contributed by atoms with Crippen LogP contribution in [0, 0.1) is 5.82 Å². The molecule has 194 valence electrons. The van der Waals surface area contributed by atoms with E-state index in [-0.39, 0.29) is 28.4 Å². The van der Waals surface area contributed by atoms with Crippen molar-refractivity contribution in [2.45, 2.75) is 28.7 Å². The number of carbonyl (C=O) groups is 2. The third kappa shape index (κ3) is 5.73. The molecule has 3 aromatic rings. The van der Waals surface area contributed by atoms with Crippen LogP contribution in [0.3, 0.4) is 0 Å². The topological polar surface area (TPSA) is 135 Å². The van der Waals surface area contributed by atoms with Crippen molar-refractivity contribution in [1.82, 2.24) is 4.31 Å². The van der Waals surface area contributed by atoms with Gasteiger partial charge < -0.3 is 0 Å². The molecule has 13 heteroatoms. The molecule has 4 rings (SSSR count). The van der Waals surface area contributed by atoms with E-state index in [9.17, 15) is 30.8 Å². The summed E-state index contributed by atoms with van der Waals surface area (Å²) in [6.45, 7) is -0.216. The minimum Gasteiger partial charge on any atom is -0.274 e. The molecule has 3 aromatic carbocycles. The maximum absolute atomic E-state index is 13.6. The van der Waals surface area contributed by atoms with Gasteiger partial charge in [0, 0.05) is 11.6 Å². The normalized spacial score (nSPS) is 16.5. The number of sulfonamides is 2. The number of hydrogen-bond donors (Lipinski definition) is 1. The number of benzene rings is 3. The highest BCUT2D eigenvalue weighted by Crippen LogP contribution is 2.30. The van der Waals surface area contributed by atoms with E-state index in [1.807, 2.05) is 0 Å². The molecule has 0 spiro atoms. The van der Waals surface area contributed by atoms with Gasteiger partial charge in [0.2, 0.25) is 26.0 Å². The Labute approximate surface area is 218 Å². The molecule has 2 N–H and O–H groups in total. The average molecular weight is 566 g/mol. The molecular formula is C24H21ClFN3O6S2. The van der Waals surface area contributed by atoms with Crippen molar-refractivity contribution in [1.29, 1.82) is 0 Å². The van der Waals surface area contributed by atoms with Crippen molar-refractivity contribution in [3.8, 4) is 0 Å². The van der Waals surface area contributed by atoms with E-state index in [1.54, 1.807) is 0 Å².